The molecule has 2 heterocycles. The fraction of sp³-hybridized carbons (Fsp3) is 0.650. The van der Waals surface area contributed by atoms with Gasteiger partial charge >= 0.3 is 6.09 Å². The predicted molar refractivity (Wildman–Crippen MR) is 103 cm³/mol. The third-order valence-corrected chi connectivity index (χ3v) is 4.54. The molecule has 2 unspecified atom stereocenters. The summed E-state index contributed by atoms with van der Waals surface area (Å²) >= 11 is 0. The van der Waals surface area contributed by atoms with Crippen LogP contribution >= 0.6 is 0 Å². The summed E-state index contributed by atoms with van der Waals surface area (Å²) in [7, 11) is 0. The Morgan fingerprint density at radius 1 is 1.38 bits per heavy atom. The molecule has 6 heteroatoms. The molecule has 2 atom stereocenters. The zero-order valence-electron chi connectivity index (χ0n) is 16.4. The predicted octanol–water partition coefficient (Wildman–Crippen LogP) is 3.19. The molecule has 0 aliphatic carbocycles. The molecule has 0 aromatic heterocycles. The molecule has 0 saturated carbocycles. The van der Waals surface area contributed by atoms with Crippen molar-refractivity contribution < 1.29 is 14.3 Å². The highest BCUT2D eigenvalue weighted by molar-refractivity contribution is 5.95. The lowest BCUT2D eigenvalue weighted by molar-refractivity contribution is -0.135. The molecular weight excluding hydrogens is 330 g/mol. The highest BCUT2D eigenvalue weighted by Gasteiger charge is 2.35. The third kappa shape index (κ3) is 5.44. The van der Waals surface area contributed by atoms with Gasteiger partial charge in [0.25, 0.3) is 0 Å². The lowest BCUT2D eigenvalue weighted by Gasteiger charge is -2.39. The van der Waals surface area contributed by atoms with Gasteiger partial charge in [-0.3, -0.25) is 9.79 Å². The van der Waals surface area contributed by atoms with Gasteiger partial charge in [0, 0.05) is 31.4 Å². The number of aliphatic imine (C=N–C) groups is 1. The molecule has 0 N–H and O–H groups in total. The molecule has 2 aliphatic heterocycles. The van der Waals surface area contributed by atoms with Crippen molar-refractivity contribution in [1.82, 2.24) is 9.80 Å². The van der Waals surface area contributed by atoms with Gasteiger partial charge in [-0.1, -0.05) is 18.7 Å². The van der Waals surface area contributed by atoms with E-state index in [1.54, 1.807) is 11.0 Å². The van der Waals surface area contributed by atoms with E-state index in [1.807, 2.05) is 44.7 Å². The number of carbonyl (C=O) groups is 2. The highest BCUT2D eigenvalue weighted by atomic mass is 16.6. The summed E-state index contributed by atoms with van der Waals surface area (Å²) in [5.41, 5.74) is 0.241. The summed E-state index contributed by atoms with van der Waals surface area (Å²) in [6.45, 7) is 12.9. The van der Waals surface area contributed by atoms with Crippen molar-refractivity contribution in [2.45, 2.75) is 64.6 Å². The van der Waals surface area contributed by atoms with Crippen LogP contribution in [0.5, 0.6) is 0 Å². The van der Waals surface area contributed by atoms with Crippen molar-refractivity contribution in [3.05, 3.63) is 24.8 Å². The number of likely N-dealkylation sites (tertiary alicyclic amines) is 1. The molecule has 0 spiro atoms. The molecule has 0 radical (unpaired) electrons. The lowest BCUT2D eigenvalue weighted by atomic mass is 10.0. The quantitative estimate of drug-likeness (QED) is 0.573. The number of carbonyl (C=O) groups excluding carboxylic acids is 2. The largest absolute Gasteiger partial charge is 0.444 e. The number of rotatable bonds is 3. The minimum atomic E-state index is -0.521. The molecule has 6 nitrogen and oxygen atoms in total. The molecule has 0 bridgehead atoms. The minimum absolute atomic E-state index is 0.00624. The van der Waals surface area contributed by atoms with Crippen LogP contribution in [0, 0.1) is 0 Å². The summed E-state index contributed by atoms with van der Waals surface area (Å²) in [5.74, 6) is 0.0206. The topological polar surface area (TPSA) is 62.2 Å². The molecule has 1 saturated heterocycles. The fourth-order valence-corrected chi connectivity index (χ4v) is 3.23. The first kappa shape index (κ1) is 20.2. The van der Waals surface area contributed by atoms with Crippen LogP contribution in [0.15, 0.2) is 29.8 Å². The van der Waals surface area contributed by atoms with Gasteiger partial charge in [-0.2, -0.15) is 0 Å². The Morgan fingerprint density at radius 3 is 2.77 bits per heavy atom. The number of hydrogen-bond donors (Lipinski definition) is 0. The number of hydrogen-bond acceptors (Lipinski definition) is 4. The summed E-state index contributed by atoms with van der Waals surface area (Å²) in [4.78, 5) is 33.5. The number of allylic oxidation sites excluding steroid dienone is 1. The Labute approximate surface area is 156 Å². The van der Waals surface area contributed by atoms with E-state index in [9.17, 15) is 9.59 Å². The van der Waals surface area contributed by atoms with E-state index in [0.717, 1.165) is 18.6 Å². The Hall–Kier alpha value is -2.11. The van der Waals surface area contributed by atoms with Crippen LogP contribution in [0.2, 0.25) is 0 Å². The van der Waals surface area contributed by atoms with Crippen LogP contribution < -0.4 is 0 Å². The number of piperidine rings is 1. The van der Waals surface area contributed by atoms with Gasteiger partial charge in [-0.05, 0) is 53.0 Å². The monoisotopic (exact) mass is 361 g/mol. The molecule has 26 heavy (non-hydrogen) atoms. The van der Waals surface area contributed by atoms with E-state index in [1.165, 1.54) is 0 Å². The Morgan fingerprint density at radius 2 is 2.12 bits per heavy atom. The summed E-state index contributed by atoms with van der Waals surface area (Å²) in [6, 6.07) is -0.420. The smallest absolute Gasteiger partial charge is 0.410 e. The molecule has 2 amide bonds. The van der Waals surface area contributed by atoms with Crippen molar-refractivity contribution >= 4 is 17.7 Å². The van der Waals surface area contributed by atoms with Crippen molar-refractivity contribution in [3.8, 4) is 0 Å². The minimum Gasteiger partial charge on any atom is -0.444 e. The first-order valence-electron chi connectivity index (χ1n) is 9.31. The maximum atomic E-state index is 13.0. The van der Waals surface area contributed by atoms with Gasteiger partial charge in [-0.15, -0.1) is 0 Å². The van der Waals surface area contributed by atoms with Crippen molar-refractivity contribution in [1.29, 1.82) is 0 Å². The molecule has 0 aromatic carbocycles. The SMILES string of the molecule is C=CC(C)=NC1CC=CCN(C2CCCN(C(=O)OC(C)(C)C)C2)C1=O. The van der Waals surface area contributed by atoms with Gasteiger partial charge in [0.05, 0.1) is 0 Å². The van der Waals surface area contributed by atoms with Gasteiger partial charge in [0.2, 0.25) is 5.91 Å². The van der Waals surface area contributed by atoms with Crippen molar-refractivity contribution in [2.75, 3.05) is 19.6 Å². The Bertz CT molecular complexity index is 604. The summed E-state index contributed by atoms with van der Waals surface area (Å²) < 4.78 is 5.49. The molecule has 2 rings (SSSR count). The first-order chi connectivity index (χ1) is 12.2. The van der Waals surface area contributed by atoms with Crippen LogP contribution in [0.1, 0.15) is 47.0 Å². The van der Waals surface area contributed by atoms with Gasteiger partial charge in [0.15, 0.2) is 0 Å². The van der Waals surface area contributed by atoms with Crippen LogP contribution in [0.3, 0.4) is 0 Å². The van der Waals surface area contributed by atoms with E-state index in [2.05, 4.69) is 11.6 Å². The van der Waals surface area contributed by atoms with Gasteiger partial charge < -0.3 is 14.5 Å². The maximum absolute atomic E-state index is 13.0. The average molecular weight is 361 g/mol. The number of ether oxygens (including phenoxy) is 1. The summed E-state index contributed by atoms with van der Waals surface area (Å²) in [6.07, 6.45) is 7.73. The molecule has 2 aliphatic rings. The third-order valence-electron chi connectivity index (χ3n) is 4.54. The van der Waals surface area contributed by atoms with Crippen molar-refractivity contribution in [2.24, 2.45) is 4.99 Å². The lowest BCUT2D eigenvalue weighted by Crippen LogP contribution is -2.54. The number of nitrogens with zero attached hydrogens (tertiary/aromatic N) is 3. The van der Waals surface area contributed by atoms with Crippen LogP contribution in [-0.2, 0) is 9.53 Å². The van der Waals surface area contributed by atoms with Crippen LogP contribution in [0.25, 0.3) is 0 Å². The highest BCUT2D eigenvalue weighted by Crippen LogP contribution is 2.22. The Balaban J connectivity index is 2.10. The second kappa shape index (κ2) is 8.52. The fourth-order valence-electron chi connectivity index (χ4n) is 3.23. The molecule has 1 fully saturated rings. The van der Waals surface area contributed by atoms with E-state index in [4.69, 9.17) is 4.74 Å². The normalized spacial score (nSPS) is 25.1. The van der Waals surface area contributed by atoms with Crippen LogP contribution in [0.4, 0.5) is 4.79 Å². The summed E-state index contributed by atoms with van der Waals surface area (Å²) in [5, 5.41) is 0. The zero-order valence-corrected chi connectivity index (χ0v) is 16.4. The van der Waals surface area contributed by atoms with Crippen LogP contribution in [-0.4, -0.2) is 64.8 Å². The molecular formula is C20H31N3O3. The Kier molecular flexibility index (Phi) is 6.62. The standard InChI is InChI=1S/C20H31N3O3/c1-6-15(2)21-17-11-7-8-13-23(18(17)24)16-10-9-12-22(14-16)19(25)26-20(3,4)5/h6-8,16-17H,1,9-14H2,2-5H3. The first-order valence-corrected chi connectivity index (χ1v) is 9.31. The van der Waals surface area contributed by atoms with Gasteiger partial charge in [0.1, 0.15) is 11.6 Å². The van der Waals surface area contributed by atoms with E-state index < -0.39 is 11.6 Å². The van der Waals surface area contributed by atoms with E-state index in [0.29, 0.717) is 26.1 Å². The van der Waals surface area contributed by atoms with E-state index in [-0.39, 0.29) is 18.0 Å². The zero-order chi connectivity index (χ0) is 19.3. The average Bonchev–Trinajstić information content (AvgIpc) is 2.75. The second-order valence-electron chi connectivity index (χ2n) is 7.91. The van der Waals surface area contributed by atoms with Crippen molar-refractivity contribution in [3.63, 3.8) is 0 Å². The molecule has 144 valence electrons. The van der Waals surface area contributed by atoms with Gasteiger partial charge in [-0.25, -0.2) is 4.79 Å². The van der Waals surface area contributed by atoms with E-state index >= 15 is 0 Å². The molecule has 0 aromatic rings. The second-order valence-corrected chi connectivity index (χ2v) is 7.91. The number of amides is 2. The maximum Gasteiger partial charge on any atom is 0.410 e.